The Morgan fingerprint density at radius 3 is 2.73 bits per heavy atom. The van der Waals surface area contributed by atoms with Gasteiger partial charge in [0.05, 0.1) is 0 Å². The average Bonchev–Trinajstić information content (AvgIpc) is 2.93. The van der Waals surface area contributed by atoms with Crippen molar-refractivity contribution < 1.29 is 0 Å². The Morgan fingerprint density at radius 2 is 2.00 bits per heavy atom. The Balaban J connectivity index is 1.83. The molecule has 0 amide bonds. The van der Waals surface area contributed by atoms with Crippen molar-refractivity contribution in [3.8, 4) is 0 Å². The summed E-state index contributed by atoms with van der Waals surface area (Å²) in [6.45, 7) is 1.20. The summed E-state index contributed by atoms with van der Waals surface area (Å²) in [7, 11) is 0. The van der Waals surface area contributed by atoms with Crippen molar-refractivity contribution in [2.75, 3.05) is 6.54 Å². The van der Waals surface area contributed by atoms with E-state index in [1.165, 1.54) is 38.6 Å². The maximum atomic E-state index is 3.61. The van der Waals surface area contributed by atoms with Gasteiger partial charge in [-0.05, 0) is 55.7 Å². The molecule has 1 heteroatoms. The molecule has 0 bridgehead atoms. The van der Waals surface area contributed by atoms with E-state index in [1.54, 1.807) is 11.1 Å². The summed E-state index contributed by atoms with van der Waals surface area (Å²) in [6, 6.07) is 9.66. The van der Waals surface area contributed by atoms with Gasteiger partial charge < -0.3 is 5.32 Å². The molecule has 1 aliphatic carbocycles. The van der Waals surface area contributed by atoms with E-state index in [-0.39, 0.29) is 0 Å². The average molecular weight is 201 g/mol. The highest BCUT2D eigenvalue weighted by Gasteiger charge is 2.25. The van der Waals surface area contributed by atoms with Crippen molar-refractivity contribution in [2.45, 2.75) is 38.1 Å². The molecule has 2 aliphatic rings. The molecule has 0 spiro atoms. The van der Waals surface area contributed by atoms with Gasteiger partial charge in [-0.25, -0.2) is 0 Å². The van der Waals surface area contributed by atoms with Gasteiger partial charge in [0.25, 0.3) is 0 Å². The van der Waals surface area contributed by atoms with Crippen LogP contribution in [0.3, 0.4) is 0 Å². The molecule has 3 rings (SSSR count). The monoisotopic (exact) mass is 201 g/mol. The predicted molar refractivity (Wildman–Crippen MR) is 62.8 cm³/mol. The zero-order valence-corrected chi connectivity index (χ0v) is 9.21. The molecule has 15 heavy (non-hydrogen) atoms. The third kappa shape index (κ3) is 2.07. The standard InChI is InChI=1S/C14H19N/c1-2-5-13(14-6-3-9-15-14)12(4-1)10-11-7-8-11/h1-2,4-5,11,14-15H,3,6-10H2. The number of hydrogen-bond donors (Lipinski definition) is 1. The molecule has 1 unspecified atom stereocenters. The van der Waals surface area contributed by atoms with Crippen molar-refractivity contribution >= 4 is 0 Å². The Labute approximate surface area is 91.9 Å². The maximum Gasteiger partial charge on any atom is 0.0323 e. The first-order chi connectivity index (χ1) is 7.43. The van der Waals surface area contributed by atoms with Crippen molar-refractivity contribution in [1.82, 2.24) is 5.32 Å². The molecule has 1 nitrogen and oxygen atoms in total. The quantitative estimate of drug-likeness (QED) is 0.792. The molecule has 1 saturated carbocycles. The Kier molecular flexibility index (Phi) is 2.49. The van der Waals surface area contributed by atoms with Crippen molar-refractivity contribution in [2.24, 2.45) is 5.92 Å². The first-order valence-electron chi connectivity index (χ1n) is 6.24. The number of rotatable bonds is 3. The fraction of sp³-hybridized carbons (Fsp3) is 0.571. The van der Waals surface area contributed by atoms with Gasteiger partial charge in [0.2, 0.25) is 0 Å². The lowest BCUT2D eigenvalue weighted by molar-refractivity contribution is 0.635. The van der Waals surface area contributed by atoms with Crippen LogP contribution in [0.15, 0.2) is 24.3 Å². The molecular formula is C14H19N. The number of nitrogens with one attached hydrogen (secondary N) is 1. The van der Waals surface area contributed by atoms with Crippen LogP contribution >= 0.6 is 0 Å². The molecule has 80 valence electrons. The molecule has 1 atom stereocenters. The van der Waals surface area contributed by atoms with Crippen LogP contribution in [-0.2, 0) is 6.42 Å². The van der Waals surface area contributed by atoms with Gasteiger partial charge in [0.15, 0.2) is 0 Å². The lowest BCUT2D eigenvalue weighted by atomic mass is 9.96. The minimum absolute atomic E-state index is 0.639. The van der Waals surface area contributed by atoms with Crippen molar-refractivity contribution in [1.29, 1.82) is 0 Å². The van der Waals surface area contributed by atoms with Gasteiger partial charge in [-0.1, -0.05) is 24.3 Å². The molecule has 1 aromatic carbocycles. The molecule has 0 aromatic heterocycles. The van der Waals surface area contributed by atoms with E-state index < -0.39 is 0 Å². The molecule has 1 aliphatic heterocycles. The smallest absolute Gasteiger partial charge is 0.0323 e. The van der Waals surface area contributed by atoms with Crippen molar-refractivity contribution in [3.05, 3.63) is 35.4 Å². The number of benzene rings is 1. The first-order valence-corrected chi connectivity index (χ1v) is 6.24. The fourth-order valence-corrected chi connectivity index (χ4v) is 2.64. The van der Waals surface area contributed by atoms with Gasteiger partial charge in [0, 0.05) is 6.04 Å². The van der Waals surface area contributed by atoms with E-state index >= 15 is 0 Å². The highest BCUT2D eigenvalue weighted by Crippen LogP contribution is 2.35. The van der Waals surface area contributed by atoms with Crippen molar-refractivity contribution in [3.63, 3.8) is 0 Å². The van der Waals surface area contributed by atoms with Gasteiger partial charge in [0.1, 0.15) is 0 Å². The van der Waals surface area contributed by atoms with E-state index in [0.29, 0.717) is 6.04 Å². The number of hydrogen-bond acceptors (Lipinski definition) is 1. The van der Waals surface area contributed by atoms with Crippen LogP contribution in [0, 0.1) is 5.92 Å². The molecule has 2 fully saturated rings. The van der Waals surface area contributed by atoms with Gasteiger partial charge >= 0.3 is 0 Å². The third-order valence-electron chi connectivity index (χ3n) is 3.70. The lowest BCUT2D eigenvalue weighted by Gasteiger charge is -2.15. The van der Waals surface area contributed by atoms with E-state index in [2.05, 4.69) is 29.6 Å². The second kappa shape index (κ2) is 3.97. The van der Waals surface area contributed by atoms with Crippen LogP contribution in [0.1, 0.15) is 42.9 Å². The summed E-state index contributed by atoms with van der Waals surface area (Å²) in [5.41, 5.74) is 3.17. The van der Waals surface area contributed by atoms with Crippen LogP contribution in [-0.4, -0.2) is 6.54 Å². The molecule has 0 radical (unpaired) electrons. The summed E-state index contributed by atoms with van der Waals surface area (Å²) in [5.74, 6) is 0.993. The van der Waals surface area contributed by atoms with Crippen LogP contribution in [0.2, 0.25) is 0 Å². The molecular weight excluding hydrogens is 182 g/mol. The Bertz CT molecular complexity index is 335. The highest BCUT2D eigenvalue weighted by atomic mass is 14.9. The maximum absolute atomic E-state index is 3.61. The third-order valence-corrected chi connectivity index (χ3v) is 3.70. The molecule has 1 N–H and O–H groups in total. The SMILES string of the molecule is c1ccc(C2CCCN2)c(CC2CC2)c1. The first kappa shape index (κ1) is 9.41. The van der Waals surface area contributed by atoms with E-state index in [4.69, 9.17) is 0 Å². The van der Waals surface area contributed by atoms with Gasteiger partial charge in [-0.15, -0.1) is 0 Å². The zero-order valence-electron chi connectivity index (χ0n) is 9.21. The summed E-state index contributed by atoms with van der Waals surface area (Å²) < 4.78 is 0. The normalized spacial score (nSPS) is 25.7. The Hall–Kier alpha value is -0.820. The molecule has 1 aromatic rings. The van der Waals surface area contributed by atoms with E-state index in [1.807, 2.05) is 0 Å². The van der Waals surface area contributed by atoms with Gasteiger partial charge in [-0.2, -0.15) is 0 Å². The van der Waals surface area contributed by atoms with Crippen LogP contribution in [0.4, 0.5) is 0 Å². The largest absolute Gasteiger partial charge is 0.310 e. The lowest BCUT2D eigenvalue weighted by Crippen LogP contribution is -2.14. The summed E-state index contributed by atoms with van der Waals surface area (Å²) >= 11 is 0. The summed E-state index contributed by atoms with van der Waals surface area (Å²) in [5, 5.41) is 3.61. The summed E-state index contributed by atoms with van der Waals surface area (Å²) in [4.78, 5) is 0. The topological polar surface area (TPSA) is 12.0 Å². The summed E-state index contributed by atoms with van der Waals surface area (Å²) in [6.07, 6.45) is 6.87. The minimum Gasteiger partial charge on any atom is -0.310 e. The van der Waals surface area contributed by atoms with Gasteiger partial charge in [-0.3, -0.25) is 0 Å². The fourth-order valence-electron chi connectivity index (χ4n) is 2.64. The van der Waals surface area contributed by atoms with Crippen LogP contribution in [0.5, 0.6) is 0 Å². The molecule has 1 saturated heterocycles. The zero-order chi connectivity index (χ0) is 10.1. The van der Waals surface area contributed by atoms with Crippen LogP contribution < -0.4 is 5.32 Å². The van der Waals surface area contributed by atoms with Crippen LogP contribution in [0.25, 0.3) is 0 Å². The Morgan fingerprint density at radius 1 is 1.13 bits per heavy atom. The minimum atomic E-state index is 0.639. The second-order valence-corrected chi connectivity index (χ2v) is 5.00. The highest BCUT2D eigenvalue weighted by molar-refractivity contribution is 5.31. The predicted octanol–water partition coefficient (Wildman–Crippen LogP) is 3.06. The van der Waals surface area contributed by atoms with E-state index in [9.17, 15) is 0 Å². The second-order valence-electron chi connectivity index (χ2n) is 5.00. The van der Waals surface area contributed by atoms with E-state index in [0.717, 1.165) is 5.92 Å². The molecule has 1 heterocycles.